The zero-order valence-corrected chi connectivity index (χ0v) is 20.2. The van der Waals surface area contributed by atoms with Gasteiger partial charge in [-0.15, -0.1) is 0 Å². The number of aromatic nitrogens is 4. The molecule has 1 fully saturated rings. The van der Waals surface area contributed by atoms with Crippen LogP contribution >= 0.6 is 11.6 Å². The van der Waals surface area contributed by atoms with Crippen LogP contribution in [0, 0.1) is 11.7 Å². The number of halogens is 2. The van der Waals surface area contributed by atoms with Crippen LogP contribution in [0.3, 0.4) is 0 Å². The van der Waals surface area contributed by atoms with Gasteiger partial charge in [0.15, 0.2) is 0 Å². The number of hydrogen-bond acceptors (Lipinski definition) is 8. The number of piperidine rings is 1. The van der Waals surface area contributed by atoms with Gasteiger partial charge in [0.1, 0.15) is 5.82 Å². The lowest BCUT2D eigenvalue weighted by atomic mass is 9.79. The Morgan fingerprint density at radius 1 is 1.25 bits per heavy atom. The summed E-state index contributed by atoms with van der Waals surface area (Å²) in [6.07, 6.45) is 4.78. The lowest BCUT2D eigenvalue weighted by molar-refractivity contribution is -0.121. The maximum absolute atomic E-state index is 15.0. The van der Waals surface area contributed by atoms with Crippen molar-refractivity contribution in [3.8, 4) is 11.1 Å². The third-order valence-corrected chi connectivity index (χ3v) is 6.79. The fourth-order valence-electron chi connectivity index (χ4n) is 4.80. The second kappa shape index (κ2) is 10.3. The first-order valence-corrected chi connectivity index (χ1v) is 12.0. The number of methoxy groups -OCH3 is 1. The molecule has 2 bridgehead atoms. The van der Waals surface area contributed by atoms with E-state index in [1.165, 1.54) is 12.1 Å². The number of anilines is 2. The molecule has 0 aliphatic carbocycles. The number of benzene rings is 1. The Balaban J connectivity index is 1.28. The van der Waals surface area contributed by atoms with Gasteiger partial charge in [0.05, 0.1) is 29.1 Å². The van der Waals surface area contributed by atoms with Gasteiger partial charge >= 0.3 is 0 Å². The summed E-state index contributed by atoms with van der Waals surface area (Å²) in [5, 5.41) is 16.1. The van der Waals surface area contributed by atoms with E-state index in [0.717, 1.165) is 11.3 Å². The van der Waals surface area contributed by atoms with E-state index in [1.807, 2.05) is 0 Å². The van der Waals surface area contributed by atoms with Crippen molar-refractivity contribution in [1.29, 1.82) is 0 Å². The van der Waals surface area contributed by atoms with Crippen LogP contribution in [0.1, 0.15) is 30.1 Å². The van der Waals surface area contributed by atoms with Crippen molar-refractivity contribution >= 4 is 29.1 Å². The molecule has 2 aliphatic rings. The number of fused-ring (bicyclic) bond motifs is 4. The van der Waals surface area contributed by atoms with E-state index >= 15 is 0 Å². The highest BCUT2D eigenvalue weighted by molar-refractivity contribution is 6.33. The SMILES string of the molecule is COCCNc1ncc(-c2cc(F)c(NC(=O)C3CC4Cc5cc(=O)[nH]nc5C(C3)N4)cc2Cl)cn1. The first-order chi connectivity index (χ1) is 17.4. The summed E-state index contributed by atoms with van der Waals surface area (Å²) in [5.74, 6) is -0.805. The second-order valence-corrected chi connectivity index (χ2v) is 9.35. The topological polar surface area (TPSA) is 134 Å². The van der Waals surface area contributed by atoms with Crippen molar-refractivity contribution in [1.82, 2.24) is 25.5 Å². The van der Waals surface area contributed by atoms with E-state index in [1.54, 1.807) is 25.6 Å². The minimum atomic E-state index is -0.608. The maximum atomic E-state index is 15.0. The van der Waals surface area contributed by atoms with Gasteiger partial charge in [-0.25, -0.2) is 19.5 Å². The van der Waals surface area contributed by atoms with E-state index in [4.69, 9.17) is 16.3 Å². The average molecular weight is 514 g/mol. The minimum Gasteiger partial charge on any atom is -0.383 e. The van der Waals surface area contributed by atoms with E-state index in [-0.39, 0.29) is 40.2 Å². The van der Waals surface area contributed by atoms with E-state index < -0.39 is 5.82 Å². The van der Waals surface area contributed by atoms with Crippen LogP contribution in [0.25, 0.3) is 11.1 Å². The van der Waals surface area contributed by atoms with Gasteiger partial charge in [0, 0.05) is 55.2 Å². The number of hydrogen-bond donors (Lipinski definition) is 4. The molecular weight excluding hydrogens is 489 g/mol. The molecule has 2 aliphatic heterocycles. The number of nitrogens with zero attached hydrogens (tertiary/aromatic N) is 3. The van der Waals surface area contributed by atoms with Crippen molar-refractivity contribution in [3.63, 3.8) is 0 Å². The monoisotopic (exact) mass is 513 g/mol. The molecule has 4 N–H and O–H groups in total. The molecule has 0 saturated carbocycles. The number of carbonyl (C=O) groups is 1. The van der Waals surface area contributed by atoms with Crippen LogP contribution in [0.15, 0.2) is 35.4 Å². The molecule has 4 heterocycles. The molecule has 12 heteroatoms. The predicted molar refractivity (Wildman–Crippen MR) is 132 cm³/mol. The Hall–Kier alpha value is -3.41. The minimum absolute atomic E-state index is 0.0130. The van der Waals surface area contributed by atoms with Crippen LogP contribution in [0.5, 0.6) is 0 Å². The third kappa shape index (κ3) is 5.08. The summed E-state index contributed by atoms with van der Waals surface area (Å²) in [4.78, 5) is 33.1. The molecule has 0 spiro atoms. The Morgan fingerprint density at radius 2 is 2.06 bits per heavy atom. The Labute approximate surface area is 211 Å². The van der Waals surface area contributed by atoms with Crippen molar-refractivity contribution in [2.75, 3.05) is 30.9 Å². The van der Waals surface area contributed by atoms with Crippen LogP contribution in [-0.4, -0.2) is 52.4 Å². The van der Waals surface area contributed by atoms with Crippen molar-refractivity contribution in [3.05, 3.63) is 63.0 Å². The number of aromatic amines is 1. The fourth-order valence-corrected chi connectivity index (χ4v) is 5.07. The summed E-state index contributed by atoms with van der Waals surface area (Å²) >= 11 is 6.44. The largest absolute Gasteiger partial charge is 0.383 e. The Bertz CT molecular complexity index is 1330. The fraction of sp³-hybridized carbons (Fsp3) is 0.375. The first kappa shape index (κ1) is 24.3. The van der Waals surface area contributed by atoms with Gasteiger partial charge in [0.2, 0.25) is 11.9 Å². The predicted octanol–water partition coefficient (Wildman–Crippen LogP) is 2.68. The van der Waals surface area contributed by atoms with E-state index in [9.17, 15) is 14.0 Å². The van der Waals surface area contributed by atoms with Gasteiger partial charge in [-0.1, -0.05) is 11.6 Å². The lowest BCUT2D eigenvalue weighted by Gasteiger charge is -2.39. The van der Waals surface area contributed by atoms with Gasteiger partial charge < -0.3 is 20.7 Å². The van der Waals surface area contributed by atoms with Gasteiger partial charge in [-0.2, -0.15) is 5.10 Å². The molecule has 10 nitrogen and oxygen atoms in total. The number of H-pyrrole nitrogens is 1. The molecule has 188 valence electrons. The van der Waals surface area contributed by atoms with Gasteiger partial charge in [0.25, 0.3) is 5.56 Å². The normalized spacial score (nSPS) is 20.5. The second-order valence-electron chi connectivity index (χ2n) is 8.95. The maximum Gasteiger partial charge on any atom is 0.264 e. The number of ether oxygens (including phenoxy) is 1. The smallest absolute Gasteiger partial charge is 0.264 e. The van der Waals surface area contributed by atoms with Crippen LogP contribution in [0.4, 0.5) is 16.0 Å². The molecule has 0 radical (unpaired) electrons. The van der Waals surface area contributed by atoms with E-state index in [0.29, 0.717) is 49.5 Å². The van der Waals surface area contributed by atoms with Gasteiger partial charge in [-0.3, -0.25) is 9.59 Å². The molecule has 36 heavy (non-hydrogen) atoms. The molecule has 2 aromatic heterocycles. The van der Waals surface area contributed by atoms with Crippen LogP contribution < -0.4 is 21.5 Å². The Kier molecular flexibility index (Phi) is 6.95. The van der Waals surface area contributed by atoms with Gasteiger partial charge in [-0.05, 0) is 37.0 Å². The number of amides is 1. The highest BCUT2D eigenvalue weighted by atomic mass is 35.5. The Morgan fingerprint density at radius 3 is 2.83 bits per heavy atom. The summed E-state index contributed by atoms with van der Waals surface area (Å²) in [6, 6.07) is 4.13. The van der Waals surface area contributed by atoms with E-state index in [2.05, 4.69) is 36.1 Å². The van der Waals surface area contributed by atoms with Crippen LogP contribution in [0.2, 0.25) is 5.02 Å². The number of nitrogens with one attached hydrogen (secondary N) is 4. The highest BCUT2D eigenvalue weighted by Gasteiger charge is 2.38. The third-order valence-electron chi connectivity index (χ3n) is 6.48. The molecule has 3 unspecified atom stereocenters. The molecule has 3 aromatic rings. The first-order valence-electron chi connectivity index (χ1n) is 11.6. The zero-order valence-electron chi connectivity index (χ0n) is 19.5. The summed E-state index contributed by atoms with van der Waals surface area (Å²) in [6.45, 7) is 1.07. The standard InChI is InChI=1S/C24H25ClFN7O3/c1-36-3-2-27-24-28-10-14(11-29-24)16-8-18(26)19(9-17(16)25)31-23(35)13-5-15-4-12-7-21(34)32-33-22(12)20(6-13)30-15/h7-11,13,15,20,30H,2-6H2,1H3,(H,31,35)(H,32,34)(H,27,28,29). The number of rotatable bonds is 7. The van der Waals surface area contributed by atoms with Crippen molar-refractivity contribution < 1.29 is 13.9 Å². The van der Waals surface area contributed by atoms with Crippen LogP contribution in [-0.2, 0) is 16.0 Å². The number of carbonyl (C=O) groups excluding carboxylic acids is 1. The summed E-state index contributed by atoms with van der Waals surface area (Å²) in [7, 11) is 1.60. The quantitative estimate of drug-likeness (QED) is 0.354. The average Bonchev–Trinajstić information content (AvgIpc) is 2.86. The van der Waals surface area contributed by atoms with Crippen molar-refractivity contribution in [2.24, 2.45) is 5.92 Å². The van der Waals surface area contributed by atoms with Crippen molar-refractivity contribution in [2.45, 2.75) is 31.3 Å². The molecular formula is C24H25ClFN7O3. The molecule has 5 rings (SSSR count). The summed E-state index contributed by atoms with van der Waals surface area (Å²) in [5.41, 5.74) is 2.40. The lowest BCUT2D eigenvalue weighted by Crippen LogP contribution is -2.49. The highest BCUT2D eigenvalue weighted by Crippen LogP contribution is 2.37. The summed E-state index contributed by atoms with van der Waals surface area (Å²) < 4.78 is 20.0. The molecule has 1 saturated heterocycles. The molecule has 1 amide bonds. The molecule has 3 atom stereocenters. The molecule has 1 aromatic carbocycles. The zero-order chi connectivity index (χ0) is 25.2.